The summed E-state index contributed by atoms with van der Waals surface area (Å²) in [6.07, 6.45) is 5.97. The zero-order valence-electron chi connectivity index (χ0n) is 32.6. The van der Waals surface area contributed by atoms with Gasteiger partial charge in [-0.05, 0) is 59.1 Å². The van der Waals surface area contributed by atoms with Crippen molar-refractivity contribution in [1.29, 1.82) is 0 Å². The average molecular weight is 787 g/mol. The van der Waals surface area contributed by atoms with Gasteiger partial charge < -0.3 is 39.7 Å². The number of methoxy groups -OCH3 is 3. The van der Waals surface area contributed by atoms with Gasteiger partial charge >= 0.3 is 12.2 Å². The molecular weight excluding hydrogens is 741 g/mol. The number of imidazole rings is 2. The van der Waals surface area contributed by atoms with E-state index in [0.29, 0.717) is 50.5 Å². The lowest BCUT2D eigenvalue weighted by atomic mass is 10.0. The van der Waals surface area contributed by atoms with Crippen molar-refractivity contribution in [3.63, 3.8) is 0 Å². The summed E-state index contributed by atoms with van der Waals surface area (Å²) < 4.78 is 14.7. The van der Waals surface area contributed by atoms with E-state index in [2.05, 4.69) is 55.9 Å². The Labute approximate surface area is 335 Å². The van der Waals surface area contributed by atoms with Crippen molar-refractivity contribution in [2.45, 2.75) is 62.7 Å². The van der Waals surface area contributed by atoms with E-state index in [1.165, 1.54) is 14.2 Å². The number of H-pyrrole nitrogens is 2. The molecule has 4 N–H and O–H groups in total. The lowest BCUT2D eigenvalue weighted by Crippen LogP contribution is -2.49. The summed E-state index contributed by atoms with van der Waals surface area (Å²) in [5.74, 6) is 1.01. The number of aromatic amines is 2. The molecule has 5 heterocycles. The normalized spacial score (nSPS) is 19.0. The minimum atomic E-state index is -0.765. The number of para-hydroxylation sites is 1. The maximum absolute atomic E-state index is 13.9. The van der Waals surface area contributed by atoms with E-state index in [-0.39, 0.29) is 23.9 Å². The van der Waals surface area contributed by atoms with Crippen molar-refractivity contribution in [2.24, 2.45) is 0 Å². The fourth-order valence-electron chi connectivity index (χ4n) is 8.38. The van der Waals surface area contributed by atoms with E-state index >= 15 is 0 Å². The van der Waals surface area contributed by atoms with Crippen LogP contribution in [0.25, 0.3) is 33.6 Å². The average Bonchev–Trinajstić information content (AvgIpc) is 4.08. The number of carbonyl (C=O) groups is 4. The summed E-state index contributed by atoms with van der Waals surface area (Å²) >= 11 is 0. The second-order valence-electron chi connectivity index (χ2n) is 14.8. The van der Waals surface area contributed by atoms with Crippen molar-refractivity contribution in [1.82, 2.24) is 35.5 Å². The van der Waals surface area contributed by atoms with E-state index in [0.717, 1.165) is 63.3 Å². The highest BCUT2D eigenvalue weighted by atomic mass is 16.5. The quantitative estimate of drug-likeness (QED) is 0.127. The fraction of sp³-hybridized carbons (Fsp3) is 0.349. The Morgan fingerprint density at radius 3 is 2.02 bits per heavy atom. The molecule has 0 spiro atoms. The van der Waals surface area contributed by atoms with Crippen molar-refractivity contribution < 1.29 is 33.4 Å². The SMILES string of the molecule is COCC[C@H](NC(=O)OC)C(=O)N1CCC[C@H]1c1ncc(-c2ccc(-c3ccc(-c4cnc([C@@H]5Cc6cccc7c6N5C(=O)[C@@H](NC(=O)OC)CC7)[nH]4)cc3)cc2)[nH]1. The topological polar surface area (TPSA) is 184 Å². The van der Waals surface area contributed by atoms with Crippen molar-refractivity contribution >= 4 is 29.7 Å². The Hall–Kier alpha value is -6.48. The highest BCUT2D eigenvalue weighted by Crippen LogP contribution is 2.44. The van der Waals surface area contributed by atoms with Crippen LogP contribution in [0.15, 0.2) is 79.1 Å². The first-order valence-electron chi connectivity index (χ1n) is 19.5. The van der Waals surface area contributed by atoms with Crippen molar-refractivity contribution in [3.05, 3.63) is 102 Å². The molecule has 3 aliphatic rings. The van der Waals surface area contributed by atoms with Crippen LogP contribution in [0.1, 0.15) is 60.5 Å². The van der Waals surface area contributed by atoms with Crippen molar-refractivity contribution in [3.8, 4) is 33.6 Å². The largest absolute Gasteiger partial charge is 0.453 e. The number of aromatic nitrogens is 4. The molecule has 0 unspecified atom stereocenters. The summed E-state index contributed by atoms with van der Waals surface area (Å²) in [4.78, 5) is 71.5. The van der Waals surface area contributed by atoms with Crippen LogP contribution in [0.5, 0.6) is 0 Å². The zero-order chi connectivity index (χ0) is 40.3. The lowest BCUT2D eigenvalue weighted by Gasteiger charge is -2.28. The summed E-state index contributed by atoms with van der Waals surface area (Å²) in [6, 6.07) is 20.5. The number of nitrogens with one attached hydrogen (secondary N) is 4. The Morgan fingerprint density at radius 2 is 1.40 bits per heavy atom. The smallest absolute Gasteiger partial charge is 0.407 e. The maximum Gasteiger partial charge on any atom is 0.407 e. The van der Waals surface area contributed by atoms with Gasteiger partial charge in [0.25, 0.3) is 0 Å². The summed E-state index contributed by atoms with van der Waals surface area (Å²) in [6.45, 7) is 0.880. The van der Waals surface area contributed by atoms with Gasteiger partial charge in [-0.15, -0.1) is 0 Å². The van der Waals surface area contributed by atoms with Crippen LogP contribution in [0.2, 0.25) is 0 Å². The van der Waals surface area contributed by atoms with E-state index in [9.17, 15) is 19.2 Å². The third kappa shape index (κ3) is 7.52. The van der Waals surface area contributed by atoms with Gasteiger partial charge in [-0.2, -0.15) is 0 Å². The Morgan fingerprint density at radius 1 is 0.793 bits per heavy atom. The second-order valence-corrected chi connectivity index (χ2v) is 14.8. The molecule has 2 aromatic heterocycles. The summed E-state index contributed by atoms with van der Waals surface area (Å²) in [5.41, 5.74) is 8.76. The predicted molar refractivity (Wildman–Crippen MR) is 215 cm³/mol. The van der Waals surface area contributed by atoms with Gasteiger partial charge in [0.05, 0.1) is 55.8 Å². The highest BCUT2D eigenvalue weighted by Gasteiger charge is 2.43. The Bertz CT molecular complexity index is 2300. The standard InChI is InChI=1S/C43H46N8O7/c1-56-21-19-32(49-43(55)58-3)40(52)50-20-5-8-35(50)38-44-23-33(46-38)27-13-9-25(10-14-27)26-11-15-28(16-12-26)34-24-45-39(47-34)36-22-30-7-4-6-29-17-18-31(48-42(54)57-2)41(53)51(36)37(29)30/h4,6-7,9-16,23-24,31-32,35-36H,5,8,17-22H2,1-3H3,(H,44,46)(H,45,47)(H,48,54)(H,49,55)/t31-,32-,35-,36-/m0/s1. The first kappa shape index (κ1) is 38.4. The number of nitrogens with zero attached hydrogens (tertiary/aromatic N) is 4. The van der Waals surface area contributed by atoms with E-state index in [4.69, 9.17) is 19.2 Å². The number of benzene rings is 3. The zero-order valence-corrected chi connectivity index (χ0v) is 32.6. The number of likely N-dealkylation sites (tertiary alicyclic amines) is 1. The number of aryl methyl sites for hydroxylation is 1. The minimum absolute atomic E-state index is 0.175. The number of carbonyl (C=O) groups excluding carboxylic acids is 4. The maximum atomic E-state index is 13.9. The second kappa shape index (κ2) is 16.5. The van der Waals surface area contributed by atoms with Gasteiger partial charge in [-0.3, -0.25) is 14.5 Å². The van der Waals surface area contributed by atoms with Crippen LogP contribution < -0.4 is 15.5 Å². The number of amides is 4. The molecule has 0 radical (unpaired) electrons. The number of hydrogen-bond donors (Lipinski definition) is 4. The van der Waals surface area contributed by atoms with Crippen LogP contribution in [0, 0.1) is 0 Å². The molecule has 1 saturated heterocycles. The van der Waals surface area contributed by atoms with Gasteiger partial charge in [0.1, 0.15) is 23.7 Å². The molecule has 0 saturated carbocycles. The van der Waals surface area contributed by atoms with E-state index in [1.807, 2.05) is 36.4 Å². The number of alkyl carbamates (subject to hydrolysis) is 2. The molecule has 0 bridgehead atoms. The molecule has 4 amide bonds. The van der Waals surface area contributed by atoms with Crippen LogP contribution in [-0.4, -0.2) is 95.4 Å². The lowest BCUT2D eigenvalue weighted by molar-refractivity contribution is -0.135. The van der Waals surface area contributed by atoms with Gasteiger partial charge in [0.2, 0.25) is 11.8 Å². The molecule has 5 aromatic rings. The molecule has 3 aliphatic heterocycles. The first-order valence-corrected chi connectivity index (χ1v) is 19.5. The Kier molecular flexibility index (Phi) is 11.0. The van der Waals surface area contributed by atoms with Crippen molar-refractivity contribution in [2.75, 3.05) is 39.4 Å². The molecule has 58 heavy (non-hydrogen) atoms. The first-order chi connectivity index (χ1) is 28.3. The molecule has 1 fully saturated rings. The number of anilines is 1. The fourth-order valence-corrected chi connectivity index (χ4v) is 8.38. The third-order valence-corrected chi connectivity index (χ3v) is 11.4. The van der Waals surface area contributed by atoms with Gasteiger partial charge in [-0.1, -0.05) is 66.7 Å². The molecule has 3 aromatic carbocycles. The van der Waals surface area contributed by atoms with Gasteiger partial charge in [0.15, 0.2) is 0 Å². The molecule has 15 nitrogen and oxygen atoms in total. The number of ether oxygens (including phenoxy) is 3. The molecular formula is C43H46N8O7. The Balaban J connectivity index is 0.944. The molecule has 4 atom stereocenters. The highest BCUT2D eigenvalue weighted by molar-refractivity contribution is 6.02. The molecule has 0 aliphatic carbocycles. The van der Waals surface area contributed by atoms with E-state index in [1.54, 1.807) is 29.3 Å². The van der Waals surface area contributed by atoms with Crippen LogP contribution >= 0.6 is 0 Å². The summed E-state index contributed by atoms with van der Waals surface area (Å²) in [7, 11) is 4.12. The van der Waals surface area contributed by atoms with E-state index < -0.39 is 24.3 Å². The number of hydrogen-bond acceptors (Lipinski definition) is 9. The van der Waals surface area contributed by atoms with Gasteiger partial charge in [0, 0.05) is 33.1 Å². The molecule has 15 heteroatoms. The van der Waals surface area contributed by atoms with Gasteiger partial charge in [-0.25, -0.2) is 19.6 Å². The predicted octanol–water partition coefficient (Wildman–Crippen LogP) is 5.86. The third-order valence-electron chi connectivity index (χ3n) is 11.4. The molecule has 8 rings (SSSR count). The van der Waals surface area contributed by atoms with Crippen LogP contribution in [0.4, 0.5) is 15.3 Å². The van der Waals surface area contributed by atoms with Crippen LogP contribution in [-0.2, 0) is 36.6 Å². The minimum Gasteiger partial charge on any atom is -0.453 e. The monoisotopic (exact) mass is 786 g/mol. The summed E-state index contributed by atoms with van der Waals surface area (Å²) in [5, 5.41) is 5.38. The van der Waals surface area contributed by atoms with Crippen LogP contribution in [0.3, 0.4) is 0 Å². The molecule has 300 valence electrons. The number of rotatable bonds is 11.